The molecule has 0 bridgehead atoms. The van der Waals surface area contributed by atoms with E-state index >= 15 is 0 Å². The topological polar surface area (TPSA) is 80.9 Å². The normalized spacial score (nSPS) is 12.2. The predicted molar refractivity (Wildman–Crippen MR) is 203 cm³/mol. The van der Waals surface area contributed by atoms with E-state index < -0.39 is 0 Å². The first-order valence-corrected chi connectivity index (χ1v) is 19.0. The van der Waals surface area contributed by atoms with Gasteiger partial charge in [0, 0.05) is 11.1 Å². The van der Waals surface area contributed by atoms with Gasteiger partial charge in [0.2, 0.25) is 0 Å². The molecule has 3 rings (SSSR count). The molecular formula is C44H66O4. The summed E-state index contributed by atoms with van der Waals surface area (Å²) in [4.78, 5) is 0. The summed E-state index contributed by atoms with van der Waals surface area (Å²) in [5.41, 5.74) is 7.42. The van der Waals surface area contributed by atoms with E-state index in [4.69, 9.17) is 0 Å². The van der Waals surface area contributed by atoms with Crippen LogP contribution in [0.5, 0.6) is 23.0 Å². The fourth-order valence-electron chi connectivity index (χ4n) is 7.03. The Hall–Kier alpha value is -3.14. The molecule has 48 heavy (non-hydrogen) atoms. The van der Waals surface area contributed by atoms with Gasteiger partial charge in [0.25, 0.3) is 0 Å². The van der Waals surface area contributed by atoms with Crippen LogP contribution in [0.2, 0.25) is 0 Å². The minimum atomic E-state index is -0.370. The zero-order valence-corrected chi connectivity index (χ0v) is 31.6. The number of phenols is 4. The second kappa shape index (κ2) is 18.0. The number of hydrogen-bond donors (Lipinski definition) is 4. The molecule has 0 aliphatic heterocycles. The van der Waals surface area contributed by atoms with Crippen LogP contribution in [0.3, 0.4) is 0 Å². The minimum absolute atomic E-state index is 0.229. The van der Waals surface area contributed by atoms with E-state index in [1.807, 2.05) is 0 Å². The van der Waals surface area contributed by atoms with Crippen molar-refractivity contribution in [3.05, 3.63) is 80.9 Å². The first-order valence-electron chi connectivity index (χ1n) is 19.0. The second-order valence-electron chi connectivity index (χ2n) is 15.6. The lowest BCUT2D eigenvalue weighted by atomic mass is 9.74. The molecule has 4 N–H and O–H groups in total. The fourth-order valence-corrected chi connectivity index (χ4v) is 7.03. The zero-order valence-electron chi connectivity index (χ0n) is 31.6. The molecule has 0 saturated carbocycles. The van der Waals surface area contributed by atoms with Crippen molar-refractivity contribution in [3.63, 3.8) is 0 Å². The van der Waals surface area contributed by atoms with E-state index in [0.717, 1.165) is 136 Å². The summed E-state index contributed by atoms with van der Waals surface area (Å²) >= 11 is 0. The number of aromatic hydroxyl groups is 4. The Kier molecular flexibility index (Phi) is 14.8. The summed E-state index contributed by atoms with van der Waals surface area (Å²) in [5.74, 6) is 1.40. The van der Waals surface area contributed by atoms with E-state index in [0.29, 0.717) is 11.5 Å². The monoisotopic (exact) mass is 658 g/mol. The van der Waals surface area contributed by atoms with Gasteiger partial charge in [0.05, 0.1) is 0 Å². The molecule has 0 aliphatic carbocycles. The third kappa shape index (κ3) is 10.4. The maximum absolute atomic E-state index is 11.4. The highest BCUT2D eigenvalue weighted by molar-refractivity contribution is 5.51. The van der Waals surface area contributed by atoms with Gasteiger partial charge in [-0.25, -0.2) is 0 Å². The second-order valence-corrected chi connectivity index (χ2v) is 15.6. The fraction of sp³-hybridized carbons (Fsp3) is 0.591. The first-order chi connectivity index (χ1) is 22.8. The highest BCUT2D eigenvalue weighted by atomic mass is 16.3. The van der Waals surface area contributed by atoms with Gasteiger partial charge in [0.1, 0.15) is 23.0 Å². The SMILES string of the molecule is CCCCc1cc(CCC(C)(C)c2cc(O)c(C(C)(C)CCc3cc(CCCC)c(O)c(CCCC)c3)cc2O)cc(CCCC)c1O. The first kappa shape index (κ1) is 39.3. The summed E-state index contributed by atoms with van der Waals surface area (Å²) in [6.45, 7) is 17.3. The van der Waals surface area contributed by atoms with Gasteiger partial charge in [-0.2, -0.15) is 0 Å². The van der Waals surface area contributed by atoms with Crippen molar-refractivity contribution in [2.24, 2.45) is 0 Å². The summed E-state index contributed by atoms with van der Waals surface area (Å²) in [7, 11) is 0. The number of aryl methyl sites for hydroxylation is 6. The molecule has 0 heterocycles. The molecule has 0 aromatic heterocycles. The van der Waals surface area contributed by atoms with Gasteiger partial charge in [-0.05, 0) is 133 Å². The Labute approximate surface area is 292 Å². The standard InChI is InChI=1S/C44H66O4/c1-9-13-17-33-25-31(26-34(41(33)47)18-14-10-2)21-23-43(5,6)37-29-40(46)38(30-39(37)45)44(7,8)24-22-32-27-35(19-15-11-3)42(48)36(28-32)20-16-12-4/h25-30,45-48H,9-24H2,1-8H3. The van der Waals surface area contributed by atoms with Crippen LogP contribution in [0.25, 0.3) is 0 Å². The molecule has 266 valence electrons. The summed E-state index contributed by atoms with van der Waals surface area (Å²) < 4.78 is 0. The van der Waals surface area contributed by atoms with Crippen molar-refractivity contribution in [1.29, 1.82) is 0 Å². The molecule has 3 aromatic rings. The lowest BCUT2D eigenvalue weighted by Gasteiger charge is -2.31. The molecule has 0 spiro atoms. The smallest absolute Gasteiger partial charge is 0.121 e. The molecule has 0 atom stereocenters. The van der Waals surface area contributed by atoms with Crippen LogP contribution in [0.15, 0.2) is 36.4 Å². The van der Waals surface area contributed by atoms with E-state index in [2.05, 4.69) is 79.7 Å². The molecule has 0 aliphatic rings. The Morgan fingerprint density at radius 3 is 0.938 bits per heavy atom. The van der Waals surface area contributed by atoms with Crippen LogP contribution in [0.1, 0.15) is 164 Å². The summed E-state index contributed by atoms with van der Waals surface area (Å²) in [6, 6.07) is 12.3. The van der Waals surface area contributed by atoms with Crippen LogP contribution in [-0.2, 0) is 49.4 Å². The van der Waals surface area contributed by atoms with Crippen LogP contribution in [-0.4, -0.2) is 20.4 Å². The third-order valence-electron chi connectivity index (χ3n) is 10.5. The minimum Gasteiger partial charge on any atom is -0.508 e. The van der Waals surface area contributed by atoms with Gasteiger partial charge < -0.3 is 20.4 Å². The van der Waals surface area contributed by atoms with Crippen molar-refractivity contribution >= 4 is 0 Å². The molecule has 3 aromatic carbocycles. The largest absolute Gasteiger partial charge is 0.508 e. The van der Waals surface area contributed by atoms with Crippen molar-refractivity contribution in [2.45, 2.75) is 169 Å². The highest BCUT2D eigenvalue weighted by Gasteiger charge is 2.30. The quantitative estimate of drug-likeness (QED) is 0.0911. The summed E-state index contributed by atoms with van der Waals surface area (Å²) in [5, 5.41) is 44.7. The molecule has 4 heteroatoms. The Morgan fingerprint density at radius 2 is 0.688 bits per heavy atom. The molecule has 0 saturated heterocycles. The van der Waals surface area contributed by atoms with E-state index in [9.17, 15) is 20.4 Å². The molecule has 0 radical (unpaired) electrons. The lowest BCUT2D eigenvalue weighted by Crippen LogP contribution is -2.21. The summed E-state index contributed by atoms with van der Waals surface area (Å²) in [6.07, 6.45) is 15.4. The van der Waals surface area contributed by atoms with E-state index in [1.165, 1.54) is 11.1 Å². The molecule has 0 unspecified atom stereocenters. The maximum Gasteiger partial charge on any atom is 0.121 e. The Morgan fingerprint density at radius 1 is 0.417 bits per heavy atom. The van der Waals surface area contributed by atoms with Crippen molar-refractivity contribution in [3.8, 4) is 23.0 Å². The number of benzene rings is 3. The maximum atomic E-state index is 11.4. The number of rotatable bonds is 20. The van der Waals surface area contributed by atoms with Crippen molar-refractivity contribution in [1.82, 2.24) is 0 Å². The van der Waals surface area contributed by atoms with Crippen LogP contribution < -0.4 is 0 Å². The van der Waals surface area contributed by atoms with Crippen LogP contribution >= 0.6 is 0 Å². The average molecular weight is 659 g/mol. The van der Waals surface area contributed by atoms with Gasteiger partial charge in [-0.15, -0.1) is 0 Å². The number of phenolic OH excluding ortho intramolecular Hbond substituents is 4. The van der Waals surface area contributed by atoms with E-state index in [1.54, 1.807) is 12.1 Å². The number of hydrogen-bond acceptors (Lipinski definition) is 4. The Balaban J connectivity index is 1.81. The zero-order chi connectivity index (χ0) is 35.5. The Bertz CT molecular complexity index is 1300. The highest BCUT2D eigenvalue weighted by Crippen LogP contribution is 2.44. The van der Waals surface area contributed by atoms with Gasteiger partial charge in [-0.3, -0.25) is 0 Å². The van der Waals surface area contributed by atoms with Crippen LogP contribution in [0.4, 0.5) is 0 Å². The molecule has 0 amide bonds. The average Bonchev–Trinajstić information content (AvgIpc) is 3.05. The molecule has 4 nitrogen and oxygen atoms in total. The van der Waals surface area contributed by atoms with Gasteiger partial charge in [-0.1, -0.05) is 105 Å². The number of unbranched alkanes of at least 4 members (excludes halogenated alkanes) is 4. The van der Waals surface area contributed by atoms with Gasteiger partial charge >= 0.3 is 0 Å². The predicted octanol–water partition coefficient (Wildman–Crippen LogP) is 11.7. The third-order valence-corrected chi connectivity index (χ3v) is 10.5. The van der Waals surface area contributed by atoms with Crippen molar-refractivity contribution in [2.75, 3.05) is 0 Å². The lowest BCUT2D eigenvalue weighted by molar-refractivity contribution is 0.392. The van der Waals surface area contributed by atoms with Crippen LogP contribution in [0, 0.1) is 0 Å². The molecular weight excluding hydrogens is 592 g/mol. The molecule has 0 fully saturated rings. The van der Waals surface area contributed by atoms with Crippen molar-refractivity contribution < 1.29 is 20.4 Å². The van der Waals surface area contributed by atoms with E-state index in [-0.39, 0.29) is 22.3 Å². The van der Waals surface area contributed by atoms with Gasteiger partial charge in [0.15, 0.2) is 0 Å².